The summed E-state index contributed by atoms with van der Waals surface area (Å²) < 4.78 is 20.9. The second-order valence-electron chi connectivity index (χ2n) is 4.46. The number of hydrogen-bond donors (Lipinski definition) is 1. The highest BCUT2D eigenvalue weighted by molar-refractivity contribution is 5.00. The first-order valence-corrected chi connectivity index (χ1v) is 6.47. The van der Waals surface area contributed by atoms with Gasteiger partial charge in [0.05, 0.1) is 12.7 Å². The molecule has 2 atom stereocenters. The van der Waals surface area contributed by atoms with Crippen LogP contribution < -0.4 is 0 Å². The van der Waals surface area contributed by atoms with Crippen molar-refractivity contribution in [1.82, 2.24) is 0 Å². The lowest BCUT2D eigenvalue weighted by molar-refractivity contribution is -0.188. The smallest absolute Gasteiger partial charge is 0.163 e. The maximum atomic E-state index is 9.62. The van der Waals surface area contributed by atoms with Crippen molar-refractivity contribution >= 4 is 0 Å². The molecule has 0 rings (SSSR count). The predicted molar refractivity (Wildman–Crippen MR) is 72.5 cm³/mol. The van der Waals surface area contributed by atoms with Gasteiger partial charge in [-0.1, -0.05) is 11.8 Å². The highest BCUT2D eigenvalue weighted by atomic mass is 16.7. The lowest BCUT2D eigenvalue weighted by Crippen LogP contribution is -2.26. The molecule has 0 fully saturated rings. The number of rotatable bonds is 9. The van der Waals surface area contributed by atoms with Gasteiger partial charge >= 0.3 is 0 Å². The lowest BCUT2D eigenvalue weighted by Gasteiger charge is -2.21. The molecule has 0 saturated carbocycles. The Kier molecular flexibility index (Phi) is 9.84. The van der Waals surface area contributed by atoms with E-state index in [-0.39, 0.29) is 19.5 Å². The number of methoxy groups -OCH3 is 1. The Bertz CT molecular complexity index is 279. The molecular formula is C14H26O5. The Labute approximate surface area is 116 Å². The minimum atomic E-state index is -0.636. The van der Waals surface area contributed by atoms with Crippen LogP contribution in [0.5, 0.6) is 0 Å². The van der Waals surface area contributed by atoms with E-state index in [9.17, 15) is 5.11 Å². The van der Waals surface area contributed by atoms with E-state index in [0.717, 1.165) is 0 Å². The monoisotopic (exact) mass is 274 g/mol. The summed E-state index contributed by atoms with van der Waals surface area (Å²) in [7, 11) is 1.58. The van der Waals surface area contributed by atoms with Gasteiger partial charge in [0.2, 0.25) is 0 Å². The molecule has 0 aromatic carbocycles. The van der Waals surface area contributed by atoms with E-state index in [1.165, 1.54) is 0 Å². The number of aliphatic hydroxyl groups excluding tert-OH is 1. The number of aliphatic hydroxyl groups is 1. The highest BCUT2D eigenvalue weighted by Gasteiger charge is 2.15. The summed E-state index contributed by atoms with van der Waals surface area (Å²) in [5.41, 5.74) is 0. The maximum absolute atomic E-state index is 9.62. The molecular weight excluding hydrogens is 248 g/mol. The molecule has 2 unspecified atom stereocenters. The zero-order valence-corrected chi connectivity index (χ0v) is 12.6. The summed E-state index contributed by atoms with van der Waals surface area (Å²) in [6.45, 7) is 8.37. The molecule has 0 aliphatic heterocycles. The molecule has 0 aromatic rings. The fourth-order valence-corrected chi connectivity index (χ4v) is 1.10. The van der Waals surface area contributed by atoms with Crippen molar-refractivity contribution in [3.8, 4) is 11.8 Å². The van der Waals surface area contributed by atoms with E-state index < -0.39 is 11.9 Å². The van der Waals surface area contributed by atoms with Crippen molar-refractivity contribution in [3.05, 3.63) is 0 Å². The van der Waals surface area contributed by atoms with E-state index >= 15 is 0 Å². The fraction of sp³-hybridized carbons (Fsp3) is 0.857. The van der Waals surface area contributed by atoms with Crippen LogP contribution in [0.25, 0.3) is 0 Å². The van der Waals surface area contributed by atoms with Crippen LogP contribution in [0.15, 0.2) is 0 Å². The normalized spacial score (nSPS) is 14.6. The van der Waals surface area contributed by atoms with Crippen molar-refractivity contribution in [1.29, 1.82) is 0 Å². The van der Waals surface area contributed by atoms with Crippen molar-refractivity contribution in [2.45, 2.75) is 52.3 Å². The Hall–Kier alpha value is -0.640. The lowest BCUT2D eigenvalue weighted by atomic mass is 10.3. The van der Waals surface area contributed by atoms with Crippen LogP contribution >= 0.6 is 0 Å². The second-order valence-corrected chi connectivity index (χ2v) is 4.46. The molecule has 5 heteroatoms. The Morgan fingerprint density at radius 1 is 1.21 bits per heavy atom. The Morgan fingerprint density at radius 2 is 1.89 bits per heavy atom. The third kappa shape index (κ3) is 10.9. The van der Waals surface area contributed by atoms with Gasteiger partial charge in [-0.2, -0.15) is 0 Å². The zero-order valence-electron chi connectivity index (χ0n) is 12.6. The SMILES string of the molecule is CCOC(C)OCC(O)CC#CCOC(C)(C)OC. The first-order valence-electron chi connectivity index (χ1n) is 6.47. The van der Waals surface area contributed by atoms with E-state index in [4.69, 9.17) is 18.9 Å². The van der Waals surface area contributed by atoms with E-state index in [2.05, 4.69) is 11.8 Å². The molecule has 1 N–H and O–H groups in total. The molecule has 0 aromatic heterocycles. The van der Waals surface area contributed by atoms with Gasteiger partial charge in [0.1, 0.15) is 6.61 Å². The first kappa shape index (κ1) is 18.4. The predicted octanol–water partition coefficient (Wildman–Crippen LogP) is 1.54. The standard InChI is InChI=1S/C14H26O5/c1-6-17-12(2)18-11-13(15)9-7-8-10-19-14(3,4)16-5/h12-13,15H,6,9-11H2,1-5H3. The first-order chi connectivity index (χ1) is 8.91. The molecule has 0 heterocycles. The van der Waals surface area contributed by atoms with Gasteiger partial charge in [-0.3, -0.25) is 0 Å². The van der Waals surface area contributed by atoms with E-state index in [1.807, 2.05) is 20.8 Å². The van der Waals surface area contributed by atoms with Gasteiger partial charge in [-0.05, 0) is 27.7 Å². The molecule has 5 nitrogen and oxygen atoms in total. The molecule has 0 aliphatic rings. The third-order valence-corrected chi connectivity index (χ3v) is 2.37. The van der Waals surface area contributed by atoms with E-state index in [1.54, 1.807) is 14.0 Å². The van der Waals surface area contributed by atoms with Gasteiger partial charge in [-0.25, -0.2) is 0 Å². The van der Waals surface area contributed by atoms with Crippen LogP contribution in [-0.4, -0.2) is 50.2 Å². The maximum Gasteiger partial charge on any atom is 0.163 e. The van der Waals surface area contributed by atoms with Gasteiger partial charge in [0, 0.05) is 20.1 Å². The zero-order chi connectivity index (χ0) is 14.7. The fourth-order valence-electron chi connectivity index (χ4n) is 1.10. The van der Waals surface area contributed by atoms with Crippen molar-refractivity contribution in [2.24, 2.45) is 0 Å². The second kappa shape index (κ2) is 10.2. The molecule has 0 aliphatic carbocycles. The minimum absolute atomic E-state index is 0.209. The largest absolute Gasteiger partial charge is 0.390 e. The molecule has 0 spiro atoms. The van der Waals surface area contributed by atoms with Crippen LogP contribution in [0.3, 0.4) is 0 Å². The minimum Gasteiger partial charge on any atom is -0.390 e. The molecule has 0 bridgehead atoms. The average Bonchev–Trinajstić information content (AvgIpc) is 2.36. The van der Waals surface area contributed by atoms with Gasteiger partial charge in [0.15, 0.2) is 12.1 Å². The molecule has 19 heavy (non-hydrogen) atoms. The van der Waals surface area contributed by atoms with Crippen LogP contribution in [0.1, 0.15) is 34.1 Å². The molecule has 0 radical (unpaired) electrons. The van der Waals surface area contributed by atoms with Crippen LogP contribution in [0.2, 0.25) is 0 Å². The van der Waals surface area contributed by atoms with Gasteiger partial charge < -0.3 is 24.1 Å². The Balaban J connectivity index is 3.71. The summed E-state index contributed by atoms with van der Waals surface area (Å²) in [5.74, 6) is 5.02. The topological polar surface area (TPSA) is 57.2 Å². The van der Waals surface area contributed by atoms with E-state index in [0.29, 0.717) is 13.0 Å². The van der Waals surface area contributed by atoms with Crippen LogP contribution in [0.4, 0.5) is 0 Å². The van der Waals surface area contributed by atoms with Gasteiger partial charge in [0.25, 0.3) is 0 Å². The van der Waals surface area contributed by atoms with Gasteiger partial charge in [-0.15, -0.1) is 0 Å². The Morgan fingerprint density at radius 3 is 2.47 bits per heavy atom. The summed E-state index contributed by atoms with van der Waals surface area (Å²) in [4.78, 5) is 0. The summed E-state index contributed by atoms with van der Waals surface area (Å²) >= 11 is 0. The third-order valence-electron chi connectivity index (χ3n) is 2.37. The average molecular weight is 274 g/mol. The highest BCUT2D eigenvalue weighted by Crippen LogP contribution is 2.07. The quantitative estimate of drug-likeness (QED) is 0.510. The van der Waals surface area contributed by atoms with Crippen LogP contribution in [0, 0.1) is 11.8 Å². The molecule has 0 amide bonds. The molecule has 0 saturated heterocycles. The van der Waals surface area contributed by atoms with Crippen molar-refractivity contribution in [3.63, 3.8) is 0 Å². The van der Waals surface area contributed by atoms with Crippen molar-refractivity contribution in [2.75, 3.05) is 26.9 Å². The molecule has 112 valence electrons. The van der Waals surface area contributed by atoms with Crippen LogP contribution in [-0.2, 0) is 18.9 Å². The summed E-state index contributed by atoms with van der Waals surface area (Å²) in [6.07, 6.45) is -0.584. The summed E-state index contributed by atoms with van der Waals surface area (Å²) in [6, 6.07) is 0. The number of ether oxygens (including phenoxy) is 4. The summed E-state index contributed by atoms with van der Waals surface area (Å²) in [5, 5.41) is 9.62. The number of hydrogen-bond acceptors (Lipinski definition) is 5. The van der Waals surface area contributed by atoms with Crippen molar-refractivity contribution < 1.29 is 24.1 Å².